The van der Waals surface area contributed by atoms with Crippen LogP contribution in [0.5, 0.6) is 0 Å². The fourth-order valence-corrected chi connectivity index (χ4v) is 2.09. The van der Waals surface area contributed by atoms with Gasteiger partial charge in [-0.1, -0.05) is 12.1 Å². The minimum atomic E-state index is -4.36. The second-order valence-electron chi connectivity index (χ2n) is 4.43. The number of anilines is 1. The average Bonchev–Trinajstić information content (AvgIpc) is 2.41. The molecule has 0 atom stereocenters. The average molecular weight is 405 g/mol. The van der Waals surface area contributed by atoms with Crippen LogP contribution in [0.4, 0.5) is 18.9 Å². The number of alkyl halides is 3. The van der Waals surface area contributed by atoms with E-state index in [-0.39, 0.29) is 12.3 Å². The Balaban J connectivity index is 1.98. The molecule has 21 heavy (non-hydrogen) atoms. The Morgan fingerprint density at radius 3 is 2.10 bits per heavy atom. The van der Waals surface area contributed by atoms with Crippen LogP contribution in [-0.4, -0.2) is 5.91 Å². The molecule has 2 rings (SSSR count). The first-order chi connectivity index (χ1) is 9.84. The third kappa shape index (κ3) is 4.73. The minimum Gasteiger partial charge on any atom is -0.326 e. The van der Waals surface area contributed by atoms with Crippen molar-refractivity contribution < 1.29 is 18.0 Å². The summed E-state index contributed by atoms with van der Waals surface area (Å²) in [7, 11) is 0. The lowest BCUT2D eigenvalue weighted by Crippen LogP contribution is -2.14. The molecule has 0 aromatic heterocycles. The van der Waals surface area contributed by atoms with Gasteiger partial charge in [0.15, 0.2) is 0 Å². The first kappa shape index (κ1) is 15.8. The number of carbonyl (C=O) groups excluding carboxylic acids is 1. The summed E-state index contributed by atoms with van der Waals surface area (Å²) in [5, 5.41) is 2.70. The minimum absolute atomic E-state index is 0.0319. The zero-order valence-electron chi connectivity index (χ0n) is 10.7. The Hall–Kier alpha value is -1.57. The molecule has 0 saturated heterocycles. The van der Waals surface area contributed by atoms with E-state index in [0.29, 0.717) is 11.3 Å². The third-order valence-electron chi connectivity index (χ3n) is 2.77. The van der Waals surface area contributed by atoms with Gasteiger partial charge in [0.2, 0.25) is 5.91 Å². The highest BCUT2D eigenvalue weighted by Gasteiger charge is 2.29. The summed E-state index contributed by atoms with van der Waals surface area (Å²) in [5.74, 6) is -0.268. The Labute approximate surface area is 133 Å². The normalized spacial score (nSPS) is 11.2. The number of nitrogens with one attached hydrogen (secondary N) is 1. The Bertz CT molecular complexity index is 621. The number of hydrogen-bond donors (Lipinski definition) is 1. The van der Waals surface area contributed by atoms with Gasteiger partial charge in [-0.05, 0) is 64.6 Å². The summed E-state index contributed by atoms with van der Waals surface area (Å²) in [6.45, 7) is 0. The van der Waals surface area contributed by atoms with E-state index >= 15 is 0 Å². The lowest BCUT2D eigenvalue weighted by atomic mass is 10.1. The SMILES string of the molecule is O=C(Cc1ccc(C(F)(F)F)cc1)Nc1ccc(I)cc1. The molecule has 0 saturated carbocycles. The van der Waals surface area contributed by atoms with Crippen LogP contribution >= 0.6 is 22.6 Å². The molecule has 1 amide bonds. The third-order valence-corrected chi connectivity index (χ3v) is 3.49. The molecule has 110 valence electrons. The van der Waals surface area contributed by atoms with Gasteiger partial charge in [0.1, 0.15) is 0 Å². The van der Waals surface area contributed by atoms with Crippen molar-refractivity contribution in [2.75, 3.05) is 5.32 Å². The highest BCUT2D eigenvalue weighted by Crippen LogP contribution is 2.29. The molecule has 2 nitrogen and oxygen atoms in total. The van der Waals surface area contributed by atoms with Gasteiger partial charge in [0.05, 0.1) is 12.0 Å². The van der Waals surface area contributed by atoms with Crippen LogP contribution in [0.2, 0.25) is 0 Å². The highest BCUT2D eigenvalue weighted by molar-refractivity contribution is 14.1. The van der Waals surface area contributed by atoms with E-state index in [1.54, 1.807) is 12.1 Å². The fourth-order valence-electron chi connectivity index (χ4n) is 1.74. The summed E-state index contributed by atoms with van der Waals surface area (Å²) >= 11 is 2.15. The highest BCUT2D eigenvalue weighted by atomic mass is 127. The molecule has 0 fully saturated rings. The lowest BCUT2D eigenvalue weighted by molar-refractivity contribution is -0.137. The molecule has 0 aliphatic heterocycles. The van der Waals surface area contributed by atoms with Crippen molar-refractivity contribution in [3.8, 4) is 0 Å². The van der Waals surface area contributed by atoms with Crippen molar-refractivity contribution in [2.45, 2.75) is 12.6 Å². The number of benzene rings is 2. The van der Waals surface area contributed by atoms with E-state index < -0.39 is 11.7 Å². The van der Waals surface area contributed by atoms with Crippen molar-refractivity contribution >= 4 is 34.2 Å². The molecule has 6 heteroatoms. The van der Waals surface area contributed by atoms with Gasteiger partial charge >= 0.3 is 6.18 Å². The van der Waals surface area contributed by atoms with Crippen LogP contribution in [0.25, 0.3) is 0 Å². The molecule has 0 unspecified atom stereocenters. The van der Waals surface area contributed by atoms with Crippen LogP contribution in [-0.2, 0) is 17.4 Å². The number of halogens is 4. The fraction of sp³-hybridized carbons (Fsp3) is 0.133. The van der Waals surface area contributed by atoms with E-state index in [4.69, 9.17) is 0 Å². The quantitative estimate of drug-likeness (QED) is 0.750. The second-order valence-corrected chi connectivity index (χ2v) is 5.67. The van der Waals surface area contributed by atoms with E-state index in [2.05, 4.69) is 27.9 Å². The zero-order chi connectivity index (χ0) is 15.5. The molecule has 0 aliphatic rings. The molecule has 0 spiro atoms. The van der Waals surface area contributed by atoms with Gasteiger partial charge in [0, 0.05) is 9.26 Å². The molecule has 2 aromatic rings. The van der Waals surface area contributed by atoms with Gasteiger partial charge in [-0.25, -0.2) is 0 Å². The van der Waals surface area contributed by atoms with E-state index in [1.165, 1.54) is 12.1 Å². The Kier molecular flexibility index (Phi) is 4.87. The zero-order valence-corrected chi connectivity index (χ0v) is 12.9. The number of amides is 1. The molecule has 1 N–H and O–H groups in total. The maximum Gasteiger partial charge on any atom is 0.416 e. The monoisotopic (exact) mass is 405 g/mol. The van der Waals surface area contributed by atoms with E-state index in [9.17, 15) is 18.0 Å². The van der Waals surface area contributed by atoms with Gasteiger partial charge in [-0.2, -0.15) is 13.2 Å². The van der Waals surface area contributed by atoms with Gasteiger partial charge in [0.25, 0.3) is 0 Å². The molecular formula is C15H11F3INO. The van der Waals surface area contributed by atoms with Crippen LogP contribution < -0.4 is 5.32 Å². The van der Waals surface area contributed by atoms with Crippen molar-refractivity contribution in [1.29, 1.82) is 0 Å². The smallest absolute Gasteiger partial charge is 0.326 e. The number of hydrogen-bond acceptors (Lipinski definition) is 1. The first-order valence-electron chi connectivity index (χ1n) is 6.06. The maximum atomic E-state index is 12.4. The van der Waals surface area contributed by atoms with Crippen molar-refractivity contribution in [1.82, 2.24) is 0 Å². The summed E-state index contributed by atoms with van der Waals surface area (Å²) in [4.78, 5) is 11.8. The molecule has 0 bridgehead atoms. The lowest BCUT2D eigenvalue weighted by Gasteiger charge is -2.08. The largest absolute Gasteiger partial charge is 0.416 e. The van der Waals surface area contributed by atoms with Crippen LogP contribution in [0.1, 0.15) is 11.1 Å². The van der Waals surface area contributed by atoms with Crippen molar-refractivity contribution in [3.05, 3.63) is 63.2 Å². The summed E-state index contributed by atoms with van der Waals surface area (Å²) in [6.07, 6.45) is -4.33. The van der Waals surface area contributed by atoms with Gasteiger partial charge < -0.3 is 5.32 Å². The predicted molar refractivity (Wildman–Crippen MR) is 82.9 cm³/mol. The van der Waals surface area contributed by atoms with Crippen LogP contribution in [0, 0.1) is 3.57 Å². The van der Waals surface area contributed by atoms with Crippen molar-refractivity contribution in [2.24, 2.45) is 0 Å². The summed E-state index contributed by atoms with van der Waals surface area (Å²) < 4.78 is 38.3. The molecule has 2 aromatic carbocycles. The summed E-state index contributed by atoms with van der Waals surface area (Å²) in [6, 6.07) is 11.8. The first-order valence-corrected chi connectivity index (χ1v) is 7.14. The summed E-state index contributed by atoms with van der Waals surface area (Å²) in [5.41, 5.74) is 0.475. The van der Waals surface area contributed by atoms with Crippen LogP contribution in [0.15, 0.2) is 48.5 Å². The van der Waals surface area contributed by atoms with Crippen molar-refractivity contribution in [3.63, 3.8) is 0 Å². The topological polar surface area (TPSA) is 29.1 Å². The van der Waals surface area contributed by atoms with Gasteiger partial charge in [-0.3, -0.25) is 4.79 Å². The van der Waals surface area contributed by atoms with Gasteiger partial charge in [-0.15, -0.1) is 0 Å². The molecule has 0 aliphatic carbocycles. The standard InChI is InChI=1S/C15H11F3INO/c16-15(17,18)11-3-1-10(2-4-11)9-14(21)20-13-7-5-12(19)6-8-13/h1-8H,9H2,(H,20,21). The Morgan fingerprint density at radius 1 is 1.00 bits per heavy atom. The maximum absolute atomic E-state index is 12.4. The van der Waals surface area contributed by atoms with Crippen LogP contribution in [0.3, 0.4) is 0 Å². The van der Waals surface area contributed by atoms with E-state index in [1.807, 2.05) is 12.1 Å². The molecular weight excluding hydrogens is 394 g/mol. The molecule has 0 radical (unpaired) electrons. The predicted octanol–water partition coefficient (Wildman–Crippen LogP) is 4.49. The number of rotatable bonds is 3. The number of carbonyl (C=O) groups is 1. The second kappa shape index (κ2) is 6.46. The Morgan fingerprint density at radius 2 is 1.57 bits per heavy atom. The van der Waals surface area contributed by atoms with E-state index in [0.717, 1.165) is 15.7 Å². The molecule has 0 heterocycles.